The Labute approximate surface area is 147 Å². The lowest BCUT2D eigenvalue weighted by molar-refractivity contribution is -0.390. The smallest absolute Gasteiger partial charge is 0.406 e. The Morgan fingerprint density at radius 1 is 1.32 bits per heavy atom. The third-order valence-electron chi connectivity index (χ3n) is 3.69. The summed E-state index contributed by atoms with van der Waals surface area (Å²) in [4.78, 5) is 25.8. The summed E-state index contributed by atoms with van der Waals surface area (Å²) >= 11 is 6.24. The minimum Gasteiger partial charge on any atom is -0.481 e. The summed E-state index contributed by atoms with van der Waals surface area (Å²) < 4.78 is 10.7. The number of nitro groups is 1. The van der Waals surface area contributed by atoms with Crippen LogP contribution in [0.4, 0.5) is 5.82 Å². The van der Waals surface area contributed by atoms with E-state index in [0.717, 1.165) is 5.56 Å². The molecule has 0 saturated carbocycles. The van der Waals surface area contributed by atoms with Crippen molar-refractivity contribution in [3.8, 4) is 5.75 Å². The number of fused-ring (bicyclic) bond motifs is 1. The second-order valence-corrected chi connectivity index (χ2v) is 5.66. The molecular formula is C17H13ClN2O5. The lowest BCUT2D eigenvalue weighted by atomic mass is 10.1. The fourth-order valence-electron chi connectivity index (χ4n) is 2.47. The van der Waals surface area contributed by atoms with Crippen molar-refractivity contribution in [2.75, 3.05) is 0 Å². The van der Waals surface area contributed by atoms with Gasteiger partial charge < -0.3 is 19.3 Å². The van der Waals surface area contributed by atoms with Crippen molar-refractivity contribution in [1.29, 1.82) is 0 Å². The van der Waals surface area contributed by atoms with Gasteiger partial charge in [-0.1, -0.05) is 18.5 Å². The van der Waals surface area contributed by atoms with Gasteiger partial charge in [-0.2, -0.15) is 0 Å². The highest BCUT2D eigenvalue weighted by atomic mass is 35.5. The van der Waals surface area contributed by atoms with Crippen LogP contribution in [0.2, 0.25) is 5.02 Å². The Morgan fingerprint density at radius 2 is 2.12 bits per heavy atom. The van der Waals surface area contributed by atoms with E-state index in [1.807, 2.05) is 6.92 Å². The third-order valence-corrected chi connectivity index (χ3v) is 4.04. The van der Waals surface area contributed by atoms with Crippen LogP contribution in [0, 0.1) is 10.1 Å². The predicted molar refractivity (Wildman–Crippen MR) is 92.1 cm³/mol. The zero-order valence-corrected chi connectivity index (χ0v) is 13.9. The molecule has 3 rings (SSSR count). The van der Waals surface area contributed by atoms with Gasteiger partial charge in [-0.3, -0.25) is 0 Å². The van der Waals surface area contributed by atoms with Crippen molar-refractivity contribution in [3.63, 3.8) is 0 Å². The SMILES string of the molecule is CCc1cc2oc(=O)cc(COc3cccnc3[N+](=O)[O-])c2cc1Cl. The number of hydrogen-bond acceptors (Lipinski definition) is 6. The number of benzene rings is 1. The van der Waals surface area contributed by atoms with Gasteiger partial charge in [-0.05, 0) is 46.2 Å². The number of pyridine rings is 1. The van der Waals surface area contributed by atoms with Crippen molar-refractivity contribution in [3.05, 3.63) is 73.2 Å². The van der Waals surface area contributed by atoms with E-state index in [9.17, 15) is 14.9 Å². The van der Waals surface area contributed by atoms with E-state index >= 15 is 0 Å². The highest BCUT2D eigenvalue weighted by Crippen LogP contribution is 2.28. The molecule has 3 aromatic rings. The topological polar surface area (TPSA) is 95.5 Å². The lowest BCUT2D eigenvalue weighted by Crippen LogP contribution is -2.06. The number of halogens is 1. The molecule has 0 amide bonds. The molecule has 2 aromatic heterocycles. The number of aromatic nitrogens is 1. The lowest BCUT2D eigenvalue weighted by Gasteiger charge is -2.10. The Morgan fingerprint density at radius 3 is 2.84 bits per heavy atom. The van der Waals surface area contributed by atoms with Gasteiger partial charge in [0.1, 0.15) is 18.4 Å². The van der Waals surface area contributed by atoms with Gasteiger partial charge in [-0.25, -0.2) is 4.79 Å². The fraction of sp³-hybridized carbons (Fsp3) is 0.176. The van der Waals surface area contributed by atoms with E-state index in [1.165, 1.54) is 24.4 Å². The van der Waals surface area contributed by atoms with Crippen molar-refractivity contribution in [1.82, 2.24) is 4.98 Å². The van der Waals surface area contributed by atoms with Crippen LogP contribution in [-0.4, -0.2) is 9.91 Å². The molecule has 0 unspecified atom stereocenters. The van der Waals surface area contributed by atoms with E-state index in [-0.39, 0.29) is 18.2 Å². The number of hydrogen-bond donors (Lipinski definition) is 0. The van der Waals surface area contributed by atoms with Gasteiger partial charge in [0.2, 0.25) is 5.75 Å². The molecule has 0 saturated heterocycles. The molecule has 128 valence electrons. The molecule has 7 nitrogen and oxygen atoms in total. The largest absolute Gasteiger partial charge is 0.481 e. The molecule has 8 heteroatoms. The van der Waals surface area contributed by atoms with Crippen LogP contribution >= 0.6 is 11.6 Å². The van der Waals surface area contributed by atoms with Gasteiger partial charge in [0.25, 0.3) is 0 Å². The normalized spacial score (nSPS) is 10.8. The zero-order chi connectivity index (χ0) is 18.0. The van der Waals surface area contributed by atoms with Crippen LogP contribution < -0.4 is 10.4 Å². The molecule has 2 heterocycles. The second kappa shape index (κ2) is 6.90. The molecule has 0 radical (unpaired) electrons. The summed E-state index contributed by atoms with van der Waals surface area (Å²) in [6.45, 7) is 1.89. The summed E-state index contributed by atoms with van der Waals surface area (Å²) in [5, 5.41) is 12.2. The quantitative estimate of drug-likeness (QED) is 0.389. The van der Waals surface area contributed by atoms with Gasteiger partial charge in [0.05, 0.1) is 0 Å². The minimum absolute atomic E-state index is 0.0187. The molecule has 0 aliphatic carbocycles. The summed E-state index contributed by atoms with van der Waals surface area (Å²) in [6.07, 6.45) is 2.00. The van der Waals surface area contributed by atoms with E-state index < -0.39 is 10.5 Å². The number of rotatable bonds is 5. The highest BCUT2D eigenvalue weighted by Gasteiger charge is 2.17. The number of aryl methyl sites for hydroxylation is 1. The van der Waals surface area contributed by atoms with E-state index in [1.54, 1.807) is 12.1 Å². The Hall–Kier alpha value is -2.93. The molecule has 25 heavy (non-hydrogen) atoms. The van der Waals surface area contributed by atoms with Gasteiger partial charge in [0.15, 0.2) is 0 Å². The van der Waals surface area contributed by atoms with E-state index in [0.29, 0.717) is 28.0 Å². The molecule has 0 aliphatic rings. The first-order chi connectivity index (χ1) is 12.0. The molecule has 0 aliphatic heterocycles. The first-order valence-corrected chi connectivity index (χ1v) is 7.84. The van der Waals surface area contributed by atoms with Gasteiger partial charge in [-0.15, -0.1) is 0 Å². The Bertz CT molecular complexity index is 1020. The molecule has 0 atom stereocenters. The van der Waals surface area contributed by atoms with Crippen LogP contribution in [0.3, 0.4) is 0 Å². The van der Waals surface area contributed by atoms with Crippen LogP contribution in [0.25, 0.3) is 11.0 Å². The molecule has 0 bridgehead atoms. The standard InChI is InChI=1S/C17H13ClN2O5/c1-2-10-6-15-12(8-13(10)18)11(7-16(21)25-15)9-24-14-4-3-5-19-17(14)20(22)23/h3-8H,2,9H2,1H3. The summed E-state index contributed by atoms with van der Waals surface area (Å²) in [5.74, 6) is -0.369. The second-order valence-electron chi connectivity index (χ2n) is 5.25. The zero-order valence-electron chi connectivity index (χ0n) is 13.2. The highest BCUT2D eigenvalue weighted by molar-refractivity contribution is 6.32. The summed E-state index contributed by atoms with van der Waals surface area (Å²) in [7, 11) is 0. The minimum atomic E-state index is -0.628. The third kappa shape index (κ3) is 3.46. The van der Waals surface area contributed by atoms with Crippen LogP contribution in [0.1, 0.15) is 18.1 Å². The first-order valence-electron chi connectivity index (χ1n) is 7.47. The monoisotopic (exact) mass is 360 g/mol. The molecule has 1 aromatic carbocycles. The van der Waals surface area contributed by atoms with Gasteiger partial charge in [0, 0.05) is 22.0 Å². The number of ether oxygens (including phenoxy) is 1. The first kappa shape index (κ1) is 16.9. The van der Waals surface area contributed by atoms with Crippen LogP contribution in [0.15, 0.2) is 45.7 Å². The van der Waals surface area contributed by atoms with Crippen molar-refractivity contribution >= 4 is 28.4 Å². The molecule has 0 N–H and O–H groups in total. The molecule has 0 fully saturated rings. The average molecular weight is 361 g/mol. The Kier molecular flexibility index (Phi) is 4.67. The number of nitrogens with zero attached hydrogens (tertiary/aromatic N) is 2. The summed E-state index contributed by atoms with van der Waals surface area (Å²) in [6, 6.07) is 7.68. The van der Waals surface area contributed by atoms with Crippen molar-refractivity contribution in [2.24, 2.45) is 0 Å². The van der Waals surface area contributed by atoms with Crippen LogP contribution in [-0.2, 0) is 13.0 Å². The van der Waals surface area contributed by atoms with E-state index in [2.05, 4.69) is 4.98 Å². The average Bonchev–Trinajstić information content (AvgIpc) is 2.59. The van der Waals surface area contributed by atoms with Crippen molar-refractivity contribution in [2.45, 2.75) is 20.0 Å². The maximum Gasteiger partial charge on any atom is 0.406 e. The Balaban J connectivity index is 2.01. The van der Waals surface area contributed by atoms with Crippen molar-refractivity contribution < 1.29 is 14.1 Å². The molecule has 0 spiro atoms. The maximum absolute atomic E-state index is 11.8. The van der Waals surface area contributed by atoms with Crippen LogP contribution in [0.5, 0.6) is 5.75 Å². The fourth-order valence-corrected chi connectivity index (χ4v) is 2.76. The predicted octanol–water partition coefficient (Wildman–Crippen LogP) is 3.89. The maximum atomic E-state index is 11.8. The molecular weight excluding hydrogens is 348 g/mol. The van der Waals surface area contributed by atoms with Gasteiger partial charge >= 0.3 is 11.4 Å². The van der Waals surface area contributed by atoms with E-state index in [4.69, 9.17) is 20.8 Å². The summed E-state index contributed by atoms with van der Waals surface area (Å²) in [5.41, 5.74) is 1.25.